The van der Waals surface area contributed by atoms with E-state index >= 15 is 0 Å². The van der Waals surface area contributed by atoms with Gasteiger partial charge in [-0.3, -0.25) is 9.59 Å². The van der Waals surface area contributed by atoms with Crippen LogP contribution in [-0.4, -0.2) is 31.4 Å². The first-order valence-corrected chi connectivity index (χ1v) is 8.71. The Morgan fingerprint density at radius 1 is 1.35 bits per heavy atom. The SMILES string of the molecule is COC(=O)c1c(C#N)csc1NC(=O)CN1C(=O)CCc2ccccc21. The van der Waals surface area contributed by atoms with Crippen molar-refractivity contribution in [1.29, 1.82) is 5.26 Å². The summed E-state index contributed by atoms with van der Waals surface area (Å²) in [5, 5.41) is 13.4. The molecule has 0 spiro atoms. The zero-order valence-electron chi connectivity index (χ0n) is 13.9. The number of anilines is 2. The maximum atomic E-state index is 12.5. The van der Waals surface area contributed by atoms with Crippen molar-refractivity contribution in [2.45, 2.75) is 12.8 Å². The molecule has 2 heterocycles. The number of thiophene rings is 1. The average molecular weight is 369 g/mol. The molecule has 0 radical (unpaired) electrons. The Morgan fingerprint density at radius 2 is 2.12 bits per heavy atom. The fourth-order valence-electron chi connectivity index (χ4n) is 2.82. The maximum absolute atomic E-state index is 12.5. The summed E-state index contributed by atoms with van der Waals surface area (Å²) >= 11 is 1.06. The van der Waals surface area contributed by atoms with Gasteiger partial charge in [0.05, 0.1) is 12.7 Å². The second kappa shape index (κ2) is 7.37. The van der Waals surface area contributed by atoms with Crippen LogP contribution in [0.25, 0.3) is 0 Å². The van der Waals surface area contributed by atoms with Crippen LogP contribution < -0.4 is 10.2 Å². The summed E-state index contributed by atoms with van der Waals surface area (Å²) in [6.45, 7) is -0.170. The molecule has 2 amide bonds. The Bertz CT molecular complexity index is 929. The van der Waals surface area contributed by atoms with E-state index in [9.17, 15) is 14.4 Å². The van der Waals surface area contributed by atoms with Gasteiger partial charge in [-0.1, -0.05) is 18.2 Å². The minimum atomic E-state index is -0.697. The first-order chi connectivity index (χ1) is 12.5. The summed E-state index contributed by atoms with van der Waals surface area (Å²) < 4.78 is 4.67. The van der Waals surface area contributed by atoms with Crippen LogP contribution in [0.2, 0.25) is 0 Å². The Balaban J connectivity index is 1.81. The normalized spacial score (nSPS) is 12.9. The summed E-state index contributed by atoms with van der Waals surface area (Å²) in [7, 11) is 1.20. The van der Waals surface area contributed by atoms with Gasteiger partial charge in [-0.25, -0.2) is 4.79 Å². The summed E-state index contributed by atoms with van der Waals surface area (Å²) in [6, 6.07) is 9.34. The number of carbonyl (C=O) groups excluding carboxylic acids is 3. The van der Waals surface area contributed by atoms with E-state index in [1.807, 2.05) is 24.3 Å². The van der Waals surface area contributed by atoms with Crippen molar-refractivity contribution in [2.75, 3.05) is 23.9 Å². The van der Waals surface area contributed by atoms with E-state index in [0.29, 0.717) is 12.8 Å². The largest absolute Gasteiger partial charge is 0.465 e. The lowest BCUT2D eigenvalue weighted by molar-refractivity contribution is -0.121. The highest BCUT2D eigenvalue weighted by molar-refractivity contribution is 7.15. The van der Waals surface area contributed by atoms with Crippen LogP contribution in [0.1, 0.15) is 27.9 Å². The number of nitriles is 1. The van der Waals surface area contributed by atoms with Gasteiger partial charge in [0, 0.05) is 17.5 Å². The molecule has 1 aromatic carbocycles. The molecule has 0 aliphatic carbocycles. The highest BCUT2D eigenvalue weighted by atomic mass is 32.1. The molecule has 132 valence electrons. The number of esters is 1. The van der Waals surface area contributed by atoms with Gasteiger partial charge in [0.1, 0.15) is 23.2 Å². The third-order valence-electron chi connectivity index (χ3n) is 4.05. The van der Waals surface area contributed by atoms with Crippen LogP contribution in [0, 0.1) is 11.3 Å². The van der Waals surface area contributed by atoms with Crippen molar-refractivity contribution < 1.29 is 19.1 Å². The van der Waals surface area contributed by atoms with Crippen molar-refractivity contribution in [3.63, 3.8) is 0 Å². The van der Waals surface area contributed by atoms with E-state index in [-0.39, 0.29) is 28.6 Å². The quantitative estimate of drug-likeness (QED) is 0.834. The molecule has 26 heavy (non-hydrogen) atoms. The lowest BCUT2D eigenvalue weighted by Crippen LogP contribution is -2.40. The molecule has 1 aliphatic rings. The molecule has 0 saturated carbocycles. The van der Waals surface area contributed by atoms with Crippen LogP contribution in [0.4, 0.5) is 10.7 Å². The molecular formula is C18H15N3O4S. The number of carbonyl (C=O) groups is 3. The highest BCUT2D eigenvalue weighted by Crippen LogP contribution is 2.30. The van der Waals surface area contributed by atoms with Gasteiger partial charge in [0.2, 0.25) is 11.8 Å². The van der Waals surface area contributed by atoms with Crippen molar-refractivity contribution in [3.05, 3.63) is 46.3 Å². The Kier molecular flexibility index (Phi) is 5.00. The minimum absolute atomic E-state index is 0.0266. The van der Waals surface area contributed by atoms with Gasteiger partial charge >= 0.3 is 5.97 Å². The first-order valence-electron chi connectivity index (χ1n) is 7.83. The number of nitrogens with one attached hydrogen (secondary N) is 1. The highest BCUT2D eigenvalue weighted by Gasteiger charge is 2.27. The third-order valence-corrected chi connectivity index (χ3v) is 4.94. The number of fused-ring (bicyclic) bond motifs is 1. The van der Waals surface area contributed by atoms with Gasteiger partial charge in [-0.15, -0.1) is 11.3 Å². The van der Waals surface area contributed by atoms with E-state index in [1.165, 1.54) is 17.4 Å². The van der Waals surface area contributed by atoms with Crippen molar-refractivity contribution in [2.24, 2.45) is 0 Å². The van der Waals surface area contributed by atoms with Crippen molar-refractivity contribution in [3.8, 4) is 6.07 Å². The number of nitrogens with zero attached hydrogens (tertiary/aromatic N) is 2. The van der Waals surface area contributed by atoms with E-state index in [2.05, 4.69) is 10.1 Å². The van der Waals surface area contributed by atoms with E-state index in [0.717, 1.165) is 22.6 Å². The number of hydrogen-bond acceptors (Lipinski definition) is 6. The number of benzene rings is 1. The molecular weight excluding hydrogens is 354 g/mol. The summed E-state index contributed by atoms with van der Waals surface area (Å²) in [5.41, 5.74) is 1.89. The second-order valence-corrected chi connectivity index (χ2v) is 6.49. The lowest BCUT2D eigenvalue weighted by Gasteiger charge is -2.28. The number of rotatable bonds is 4. The molecule has 0 unspecified atom stereocenters. The first kappa shape index (κ1) is 17.6. The molecule has 1 aliphatic heterocycles. The summed E-state index contributed by atoms with van der Waals surface area (Å²) in [5.74, 6) is -1.28. The zero-order chi connectivity index (χ0) is 18.7. The standard InChI is InChI=1S/C18H15N3O4S/c1-25-18(24)16-12(8-19)10-26-17(16)20-14(22)9-21-13-5-3-2-4-11(13)6-7-15(21)23/h2-5,10H,6-7,9H2,1H3,(H,20,22). The maximum Gasteiger partial charge on any atom is 0.342 e. The number of amides is 2. The van der Waals surface area contributed by atoms with E-state index in [4.69, 9.17) is 5.26 Å². The van der Waals surface area contributed by atoms with Crippen LogP contribution in [0.3, 0.4) is 0 Å². The fraction of sp³-hybridized carbons (Fsp3) is 0.222. The molecule has 0 saturated heterocycles. The van der Waals surface area contributed by atoms with Crippen LogP contribution >= 0.6 is 11.3 Å². The van der Waals surface area contributed by atoms with Crippen molar-refractivity contribution in [1.82, 2.24) is 0 Å². The third kappa shape index (κ3) is 3.30. The smallest absolute Gasteiger partial charge is 0.342 e. The van der Waals surface area contributed by atoms with Crippen molar-refractivity contribution >= 4 is 39.8 Å². The summed E-state index contributed by atoms with van der Waals surface area (Å²) in [6.07, 6.45) is 0.991. The molecule has 0 fully saturated rings. The van der Waals surface area contributed by atoms with Crippen LogP contribution in [0.15, 0.2) is 29.6 Å². The molecule has 1 aromatic heterocycles. The van der Waals surface area contributed by atoms with Gasteiger partial charge in [-0.05, 0) is 18.1 Å². The average Bonchev–Trinajstić information content (AvgIpc) is 3.06. The lowest BCUT2D eigenvalue weighted by atomic mass is 10.0. The number of para-hydroxylation sites is 1. The second-order valence-electron chi connectivity index (χ2n) is 5.61. The minimum Gasteiger partial charge on any atom is -0.465 e. The predicted molar refractivity (Wildman–Crippen MR) is 96.1 cm³/mol. The molecule has 7 nitrogen and oxygen atoms in total. The molecule has 8 heteroatoms. The monoisotopic (exact) mass is 369 g/mol. The number of aryl methyl sites for hydroxylation is 1. The Morgan fingerprint density at radius 3 is 2.85 bits per heavy atom. The van der Waals surface area contributed by atoms with Crippen LogP contribution in [0.5, 0.6) is 0 Å². The Hall–Kier alpha value is -3.18. The topological polar surface area (TPSA) is 99.5 Å². The molecule has 0 bridgehead atoms. The fourth-order valence-corrected chi connectivity index (χ4v) is 3.71. The zero-order valence-corrected chi connectivity index (χ0v) is 14.8. The van der Waals surface area contributed by atoms with E-state index in [1.54, 1.807) is 6.07 Å². The number of hydrogen-bond donors (Lipinski definition) is 1. The molecule has 0 atom stereocenters. The van der Waals surface area contributed by atoms with Gasteiger partial charge in [-0.2, -0.15) is 5.26 Å². The van der Waals surface area contributed by atoms with Gasteiger partial charge in [0.15, 0.2) is 0 Å². The van der Waals surface area contributed by atoms with Gasteiger partial charge < -0.3 is 15.0 Å². The molecule has 3 rings (SSSR count). The predicted octanol–water partition coefficient (Wildman–Crippen LogP) is 2.32. The molecule has 2 aromatic rings. The summed E-state index contributed by atoms with van der Waals surface area (Å²) in [4.78, 5) is 38.0. The van der Waals surface area contributed by atoms with Gasteiger partial charge in [0.25, 0.3) is 0 Å². The molecule has 1 N–H and O–H groups in total. The number of ether oxygens (including phenoxy) is 1. The van der Waals surface area contributed by atoms with Crippen LogP contribution in [-0.2, 0) is 20.7 Å². The van der Waals surface area contributed by atoms with E-state index < -0.39 is 11.9 Å². The number of methoxy groups -OCH3 is 1. The Labute approximate surface area is 153 Å².